The maximum atomic E-state index is 12.2. The second kappa shape index (κ2) is 9.65. The number of ether oxygens (including phenoxy) is 1. The molecule has 0 aliphatic rings. The fourth-order valence-electron chi connectivity index (χ4n) is 2.36. The molecule has 0 N–H and O–H groups in total. The number of amides is 1. The van der Waals surface area contributed by atoms with Crippen LogP contribution in [0.5, 0.6) is 5.75 Å². The Hall–Kier alpha value is -1.76. The van der Waals surface area contributed by atoms with Crippen molar-refractivity contribution in [2.45, 2.75) is 46.1 Å². The van der Waals surface area contributed by atoms with Gasteiger partial charge in [-0.3, -0.25) is 9.10 Å². The lowest BCUT2D eigenvalue weighted by molar-refractivity contribution is -0.129. The van der Waals surface area contributed by atoms with E-state index in [-0.39, 0.29) is 25.0 Å². The summed E-state index contributed by atoms with van der Waals surface area (Å²) in [4.78, 5) is 13.8. The predicted octanol–water partition coefficient (Wildman–Crippen LogP) is 2.89. The van der Waals surface area contributed by atoms with Crippen molar-refractivity contribution in [1.82, 2.24) is 4.90 Å². The topological polar surface area (TPSA) is 66.9 Å². The van der Waals surface area contributed by atoms with Crippen LogP contribution in [-0.4, -0.2) is 51.7 Å². The summed E-state index contributed by atoms with van der Waals surface area (Å²) < 4.78 is 31.1. The van der Waals surface area contributed by atoms with Gasteiger partial charge in [-0.2, -0.15) is 0 Å². The molecule has 25 heavy (non-hydrogen) atoms. The van der Waals surface area contributed by atoms with E-state index in [1.807, 2.05) is 13.8 Å². The van der Waals surface area contributed by atoms with Crippen LogP contribution in [0.3, 0.4) is 0 Å². The second-order valence-electron chi connectivity index (χ2n) is 6.41. The summed E-state index contributed by atoms with van der Waals surface area (Å²) in [6.07, 6.45) is 3.30. The minimum atomic E-state index is -3.47. The molecule has 0 aliphatic carbocycles. The van der Waals surface area contributed by atoms with Crippen LogP contribution in [0.25, 0.3) is 0 Å². The van der Waals surface area contributed by atoms with Gasteiger partial charge in [-0.25, -0.2) is 8.42 Å². The van der Waals surface area contributed by atoms with Gasteiger partial charge < -0.3 is 9.64 Å². The number of rotatable bonds is 10. The zero-order valence-electron chi connectivity index (χ0n) is 15.9. The first kappa shape index (κ1) is 21.3. The Kier molecular flexibility index (Phi) is 8.22. The van der Waals surface area contributed by atoms with E-state index in [4.69, 9.17) is 4.74 Å². The zero-order chi connectivity index (χ0) is 19.0. The van der Waals surface area contributed by atoms with Crippen molar-refractivity contribution in [3.63, 3.8) is 0 Å². The van der Waals surface area contributed by atoms with Gasteiger partial charge in [-0.05, 0) is 44.5 Å². The highest BCUT2D eigenvalue weighted by Crippen LogP contribution is 2.22. The van der Waals surface area contributed by atoms with E-state index < -0.39 is 10.0 Å². The normalized spacial score (nSPS) is 11.4. The number of unbranched alkanes of at least 4 members (excludes halogenated alkanes) is 1. The first-order valence-corrected chi connectivity index (χ1v) is 10.5. The highest BCUT2D eigenvalue weighted by molar-refractivity contribution is 7.92. The summed E-state index contributed by atoms with van der Waals surface area (Å²) in [5, 5.41) is 0. The van der Waals surface area contributed by atoms with Crippen molar-refractivity contribution in [2.24, 2.45) is 0 Å². The van der Waals surface area contributed by atoms with Crippen LogP contribution in [0.2, 0.25) is 0 Å². The van der Waals surface area contributed by atoms with Crippen LogP contribution in [0, 0.1) is 0 Å². The summed E-state index contributed by atoms with van der Waals surface area (Å²) >= 11 is 0. The Labute approximate surface area is 151 Å². The van der Waals surface area contributed by atoms with Crippen LogP contribution < -0.4 is 9.04 Å². The lowest BCUT2D eigenvalue weighted by Crippen LogP contribution is -2.35. The van der Waals surface area contributed by atoms with Gasteiger partial charge in [0.15, 0.2) is 0 Å². The molecule has 0 saturated carbocycles. The van der Waals surface area contributed by atoms with Crippen LogP contribution in [0.15, 0.2) is 24.3 Å². The Morgan fingerprint density at radius 3 is 2.24 bits per heavy atom. The average Bonchev–Trinajstić information content (AvgIpc) is 2.52. The smallest absolute Gasteiger partial charge is 0.232 e. The largest absolute Gasteiger partial charge is 0.491 e. The molecule has 1 aromatic carbocycles. The summed E-state index contributed by atoms with van der Waals surface area (Å²) in [6.45, 7) is 6.74. The summed E-state index contributed by atoms with van der Waals surface area (Å²) in [7, 11) is -1.72. The molecule has 6 nitrogen and oxygen atoms in total. The zero-order valence-corrected chi connectivity index (χ0v) is 16.7. The van der Waals surface area contributed by atoms with Crippen LogP contribution in [0.1, 0.15) is 40.0 Å². The number of hydrogen-bond acceptors (Lipinski definition) is 4. The van der Waals surface area contributed by atoms with E-state index in [0.717, 1.165) is 19.1 Å². The maximum absolute atomic E-state index is 12.2. The molecule has 0 atom stereocenters. The van der Waals surface area contributed by atoms with E-state index in [2.05, 4.69) is 6.92 Å². The number of benzene rings is 1. The van der Waals surface area contributed by atoms with E-state index >= 15 is 0 Å². The molecule has 142 valence electrons. The van der Waals surface area contributed by atoms with E-state index in [9.17, 15) is 13.2 Å². The van der Waals surface area contributed by atoms with Gasteiger partial charge in [0.25, 0.3) is 0 Å². The third-order valence-corrected chi connectivity index (χ3v) is 4.89. The minimum absolute atomic E-state index is 0.0492. The van der Waals surface area contributed by atoms with Gasteiger partial charge in [-0.1, -0.05) is 13.3 Å². The van der Waals surface area contributed by atoms with E-state index in [1.54, 1.807) is 36.2 Å². The number of carbonyl (C=O) groups is 1. The van der Waals surface area contributed by atoms with Crippen LogP contribution in [-0.2, 0) is 14.8 Å². The molecule has 0 aromatic heterocycles. The van der Waals surface area contributed by atoms with Gasteiger partial charge >= 0.3 is 0 Å². The minimum Gasteiger partial charge on any atom is -0.491 e. The van der Waals surface area contributed by atoms with Crippen LogP contribution in [0.4, 0.5) is 5.69 Å². The fraction of sp³-hybridized carbons (Fsp3) is 0.611. The van der Waals surface area contributed by atoms with Crippen molar-refractivity contribution in [3.8, 4) is 5.75 Å². The predicted molar refractivity (Wildman–Crippen MR) is 102 cm³/mol. The lowest BCUT2D eigenvalue weighted by Gasteiger charge is -2.24. The summed E-state index contributed by atoms with van der Waals surface area (Å²) in [5.41, 5.74) is 0.530. The van der Waals surface area contributed by atoms with E-state index in [0.29, 0.717) is 18.0 Å². The molecule has 1 aromatic rings. The Bertz CT molecular complexity index is 642. The van der Waals surface area contributed by atoms with Crippen LogP contribution >= 0.6 is 0 Å². The molecule has 1 amide bonds. The summed E-state index contributed by atoms with van der Waals surface area (Å²) in [5.74, 6) is 0.629. The molecule has 0 radical (unpaired) electrons. The average molecular weight is 371 g/mol. The first-order chi connectivity index (χ1) is 11.6. The molecule has 0 heterocycles. The molecule has 1 rings (SSSR count). The quantitative estimate of drug-likeness (QED) is 0.635. The second-order valence-corrected chi connectivity index (χ2v) is 8.32. The third-order valence-electron chi connectivity index (χ3n) is 3.70. The Morgan fingerprint density at radius 1 is 1.16 bits per heavy atom. The molecule has 0 unspecified atom stereocenters. The van der Waals surface area contributed by atoms with Crippen molar-refractivity contribution in [1.29, 1.82) is 0 Å². The molecule has 0 saturated heterocycles. The third kappa shape index (κ3) is 7.34. The van der Waals surface area contributed by atoms with Gasteiger partial charge in [0, 0.05) is 26.6 Å². The molecule has 0 spiro atoms. The van der Waals surface area contributed by atoms with E-state index in [1.165, 1.54) is 4.31 Å². The summed E-state index contributed by atoms with van der Waals surface area (Å²) in [6, 6.07) is 6.87. The monoisotopic (exact) mass is 370 g/mol. The van der Waals surface area contributed by atoms with Crippen molar-refractivity contribution in [3.05, 3.63) is 24.3 Å². The number of carbonyl (C=O) groups excluding carboxylic acids is 1. The van der Waals surface area contributed by atoms with Gasteiger partial charge in [-0.15, -0.1) is 0 Å². The number of anilines is 1. The van der Waals surface area contributed by atoms with Gasteiger partial charge in [0.2, 0.25) is 15.9 Å². The van der Waals surface area contributed by atoms with Crippen molar-refractivity contribution >= 4 is 21.6 Å². The highest BCUT2D eigenvalue weighted by atomic mass is 32.2. The lowest BCUT2D eigenvalue weighted by atomic mass is 10.2. The van der Waals surface area contributed by atoms with Crippen molar-refractivity contribution < 1.29 is 17.9 Å². The van der Waals surface area contributed by atoms with Gasteiger partial charge in [0.05, 0.1) is 18.0 Å². The highest BCUT2D eigenvalue weighted by Gasteiger charge is 2.19. The fourth-order valence-corrected chi connectivity index (χ4v) is 3.29. The van der Waals surface area contributed by atoms with Crippen molar-refractivity contribution in [2.75, 3.05) is 30.7 Å². The Balaban J connectivity index is 2.80. The SMILES string of the molecule is CCCCN(C)C(=O)CCN(c1ccc(OC(C)C)cc1)S(C)(=O)=O. The molecular formula is C18H30N2O4S. The Morgan fingerprint density at radius 2 is 1.76 bits per heavy atom. The number of nitrogens with zero attached hydrogens (tertiary/aromatic N) is 2. The standard InChI is InChI=1S/C18H30N2O4S/c1-6-7-13-19(4)18(21)12-14-20(25(5,22)23)16-8-10-17(11-9-16)24-15(2)3/h8-11,15H,6-7,12-14H2,1-5H3. The molecule has 0 bridgehead atoms. The van der Waals surface area contributed by atoms with Gasteiger partial charge in [0.1, 0.15) is 5.75 Å². The first-order valence-electron chi connectivity index (χ1n) is 8.63. The number of hydrogen-bond donors (Lipinski definition) is 0. The molecule has 0 fully saturated rings. The molecular weight excluding hydrogens is 340 g/mol. The molecule has 7 heteroatoms. The maximum Gasteiger partial charge on any atom is 0.232 e. The number of sulfonamides is 1. The molecule has 0 aliphatic heterocycles.